The fourth-order valence-corrected chi connectivity index (χ4v) is 1.09. The van der Waals surface area contributed by atoms with Crippen molar-refractivity contribution in [2.45, 2.75) is 12.6 Å². The van der Waals surface area contributed by atoms with Gasteiger partial charge in [-0.15, -0.1) is 0 Å². The van der Waals surface area contributed by atoms with Crippen molar-refractivity contribution in [2.75, 3.05) is 7.11 Å². The number of rotatable bonds is 3. The fourth-order valence-electron chi connectivity index (χ4n) is 1.09. The lowest BCUT2D eigenvalue weighted by molar-refractivity contribution is -0.0800. The van der Waals surface area contributed by atoms with Crippen molar-refractivity contribution in [1.29, 1.82) is 0 Å². The molecule has 0 amide bonds. The Morgan fingerprint density at radius 2 is 1.80 bits per heavy atom. The van der Waals surface area contributed by atoms with Gasteiger partial charge >= 0.3 is 6.18 Å². The van der Waals surface area contributed by atoms with E-state index in [2.05, 4.69) is 0 Å². The molecule has 0 unspecified atom stereocenters. The van der Waals surface area contributed by atoms with Crippen LogP contribution in [0.15, 0.2) is 36.4 Å². The van der Waals surface area contributed by atoms with E-state index in [-0.39, 0.29) is 12.5 Å². The summed E-state index contributed by atoms with van der Waals surface area (Å²) < 4.78 is 40.2. The smallest absolute Gasteiger partial charge is 0.409 e. The van der Waals surface area contributed by atoms with Gasteiger partial charge in [0, 0.05) is 6.08 Å². The molecule has 0 radical (unpaired) electrons. The van der Waals surface area contributed by atoms with E-state index in [1.165, 1.54) is 0 Å². The molecule has 4 heteroatoms. The van der Waals surface area contributed by atoms with Gasteiger partial charge in [0.15, 0.2) is 0 Å². The zero-order valence-electron chi connectivity index (χ0n) is 8.21. The molecule has 0 spiro atoms. The van der Waals surface area contributed by atoms with Gasteiger partial charge in [-0.25, -0.2) is 0 Å². The third-order valence-corrected chi connectivity index (χ3v) is 1.82. The lowest BCUT2D eigenvalue weighted by atomic mass is 10.1. The molecule has 1 nitrogen and oxygen atoms in total. The van der Waals surface area contributed by atoms with Crippen molar-refractivity contribution in [3.8, 4) is 5.75 Å². The molecule has 0 aliphatic rings. The van der Waals surface area contributed by atoms with Gasteiger partial charge in [0.05, 0.1) is 7.11 Å². The van der Waals surface area contributed by atoms with Gasteiger partial charge in [-0.3, -0.25) is 0 Å². The van der Waals surface area contributed by atoms with E-state index in [9.17, 15) is 13.2 Å². The first-order valence-electron chi connectivity index (χ1n) is 4.38. The SMILES string of the molecule is COc1ccc(C/C=C/C(F)(F)F)cc1. The van der Waals surface area contributed by atoms with E-state index >= 15 is 0 Å². The highest BCUT2D eigenvalue weighted by molar-refractivity contribution is 5.28. The van der Waals surface area contributed by atoms with Gasteiger partial charge in [-0.1, -0.05) is 18.2 Å². The Labute approximate surface area is 86.2 Å². The van der Waals surface area contributed by atoms with Crippen molar-refractivity contribution in [2.24, 2.45) is 0 Å². The first-order chi connectivity index (χ1) is 7.01. The van der Waals surface area contributed by atoms with Gasteiger partial charge < -0.3 is 4.74 Å². The predicted octanol–water partition coefficient (Wildman–Crippen LogP) is 3.36. The molecule has 0 fully saturated rings. The summed E-state index contributed by atoms with van der Waals surface area (Å²) in [6.07, 6.45) is -2.62. The Hall–Kier alpha value is -1.45. The molecule has 0 saturated heterocycles. The van der Waals surface area contributed by atoms with Crippen molar-refractivity contribution >= 4 is 0 Å². The van der Waals surface area contributed by atoms with Crippen LogP contribution in [0.5, 0.6) is 5.75 Å². The summed E-state index contributed by atoms with van der Waals surface area (Å²) in [6, 6.07) is 6.91. The van der Waals surface area contributed by atoms with Crippen LogP contribution >= 0.6 is 0 Å². The Bertz CT molecular complexity index is 325. The van der Waals surface area contributed by atoms with Gasteiger partial charge in [0.1, 0.15) is 5.75 Å². The average Bonchev–Trinajstić information content (AvgIpc) is 2.17. The predicted molar refractivity (Wildman–Crippen MR) is 51.9 cm³/mol. The van der Waals surface area contributed by atoms with Crippen molar-refractivity contribution in [1.82, 2.24) is 0 Å². The number of ether oxygens (including phenoxy) is 1. The molecule has 1 aromatic rings. The monoisotopic (exact) mass is 216 g/mol. The second-order valence-electron chi connectivity index (χ2n) is 3.00. The third kappa shape index (κ3) is 4.54. The van der Waals surface area contributed by atoms with Crippen LogP contribution in [0.4, 0.5) is 13.2 Å². The second kappa shape index (κ2) is 4.87. The Morgan fingerprint density at radius 3 is 2.27 bits per heavy atom. The topological polar surface area (TPSA) is 9.23 Å². The highest BCUT2D eigenvalue weighted by Gasteiger charge is 2.21. The molecule has 15 heavy (non-hydrogen) atoms. The molecule has 0 heterocycles. The number of methoxy groups -OCH3 is 1. The summed E-state index contributed by atoms with van der Waals surface area (Å²) in [5.74, 6) is 0.693. The second-order valence-corrected chi connectivity index (χ2v) is 3.00. The minimum atomic E-state index is -4.23. The fraction of sp³-hybridized carbons (Fsp3) is 0.273. The molecule has 1 aromatic carbocycles. The highest BCUT2D eigenvalue weighted by atomic mass is 19.4. The van der Waals surface area contributed by atoms with Crippen LogP contribution in [0.2, 0.25) is 0 Å². The van der Waals surface area contributed by atoms with Crippen LogP contribution in [0.1, 0.15) is 5.56 Å². The number of allylic oxidation sites excluding steroid dienone is 2. The largest absolute Gasteiger partial charge is 0.497 e. The molecule has 0 aliphatic carbocycles. The Kier molecular flexibility index (Phi) is 3.77. The summed E-state index contributed by atoms with van der Waals surface area (Å²) in [4.78, 5) is 0. The van der Waals surface area contributed by atoms with E-state index in [1.54, 1.807) is 31.4 Å². The first kappa shape index (κ1) is 11.6. The number of alkyl halides is 3. The maximum atomic E-state index is 11.8. The lowest BCUT2D eigenvalue weighted by Gasteiger charge is -2.01. The summed E-state index contributed by atoms with van der Waals surface area (Å²) >= 11 is 0. The standard InChI is InChI=1S/C11H11F3O/c1-15-10-6-4-9(5-7-10)3-2-8-11(12,13)14/h2,4-8H,3H2,1H3/b8-2+. The molecule has 0 bridgehead atoms. The van der Waals surface area contributed by atoms with Crippen molar-refractivity contribution in [3.05, 3.63) is 42.0 Å². The zero-order valence-corrected chi connectivity index (χ0v) is 8.21. The van der Waals surface area contributed by atoms with E-state index in [0.29, 0.717) is 5.75 Å². The molecule has 1 rings (SSSR count). The minimum Gasteiger partial charge on any atom is -0.497 e. The van der Waals surface area contributed by atoms with Crippen molar-refractivity contribution in [3.63, 3.8) is 0 Å². The van der Waals surface area contributed by atoms with Crippen LogP contribution in [0, 0.1) is 0 Å². The van der Waals surface area contributed by atoms with E-state index < -0.39 is 6.18 Å². The normalized spacial score (nSPS) is 12.0. The molecule has 0 atom stereocenters. The minimum absolute atomic E-state index is 0.247. The van der Waals surface area contributed by atoms with Gasteiger partial charge in [-0.05, 0) is 24.1 Å². The maximum Gasteiger partial charge on any atom is 0.409 e. The summed E-state index contributed by atoms with van der Waals surface area (Å²) in [5.41, 5.74) is 0.816. The van der Waals surface area contributed by atoms with Gasteiger partial charge in [0.2, 0.25) is 0 Å². The van der Waals surface area contributed by atoms with Gasteiger partial charge in [-0.2, -0.15) is 13.2 Å². The first-order valence-corrected chi connectivity index (χ1v) is 4.38. The molecular weight excluding hydrogens is 205 g/mol. The molecular formula is C11H11F3O. The van der Waals surface area contributed by atoms with E-state index in [4.69, 9.17) is 4.74 Å². The van der Waals surface area contributed by atoms with Crippen LogP contribution in [-0.2, 0) is 6.42 Å². The van der Waals surface area contributed by atoms with Crippen LogP contribution in [-0.4, -0.2) is 13.3 Å². The average molecular weight is 216 g/mol. The third-order valence-electron chi connectivity index (χ3n) is 1.82. The van der Waals surface area contributed by atoms with Gasteiger partial charge in [0.25, 0.3) is 0 Å². The lowest BCUT2D eigenvalue weighted by Crippen LogP contribution is -2.00. The Morgan fingerprint density at radius 1 is 1.20 bits per heavy atom. The highest BCUT2D eigenvalue weighted by Crippen LogP contribution is 2.17. The summed E-state index contributed by atoms with van der Waals surface area (Å²) in [6.45, 7) is 0. The van der Waals surface area contributed by atoms with E-state index in [0.717, 1.165) is 11.6 Å². The zero-order chi connectivity index (χ0) is 11.3. The molecule has 82 valence electrons. The number of hydrogen-bond acceptors (Lipinski definition) is 1. The molecule has 0 aromatic heterocycles. The number of halogens is 3. The van der Waals surface area contributed by atoms with Crippen LogP contribution < -0.4 is 4.74 Å². The number of benzene rings is 1. The van der Waals surface area contributed by atoms with Crippen molar-refractivity contribution < 1.29 is 17.9 Å². The van der Waals surface area contributed by atoms with Crippen LogP contribution in [0.3, 0.4) is 0 Å². The quantitative estimate of drug-likeness (QED) is 0.704. The van der Waals surface area contributed by atoms with Crippen LogP contribution in [0.25, 0.3) is 0 Å². The molecule has 0 N–H and O–H groups in total. The van der Waals surface area contributed by atoms with E-state index in [1.807, 2.05) is 0 Å². The Balaban J connectivity index is 2.55. The maximum absolute atomic E-state index is 11.8. The summed E-state index contributed by atoms with van der Waals surface area (Å²) in [7, 11) is 1.54. The molecule has 0 saturated carbocycles. The number of hydrogen-bond donors (Lipinski definition) is 0. The molecule has 0 aliphatic heterocycles. The summed E-state index contributed by atoms with van der Waals surface area (Å²) in [5, 5.41) is 0.